The lowest BCUT2D eigenvalue weighted by molar-refractivity contribution is -0.133. The molecule has 18 heavy (non-hydrogen) atoms. The second kappa shape index (κ2) is 6.24. The quantitative estimate of drug-likeness (QED) is 0.458. The van der Waals surface area contributed by atoms with E-state index in [1.54, 1.807) is 0 Å². The normalized spacial score (nSPS) is 26.0. The maximum absolute atomic E-state index is 12.2. The van der Waals surface area contributed by atoms with Crippen molar-refractivity contribution >= 4 is 5.91 Å². The number of amides is 1. The molecule has 2 N–H and O–H groups in total. The maximum atomic E-state index is 12.2. The summed E-state index contributed by atoms with van der Waals surface area (Å²) in [4.78, 5) is 16.3. The lowest BCUT2D eigenvalue weighted by Crippen LogP contribution is -2.48. The number of azide groups is 1. The van der Waals surface area contributed by atoms with Gasteiger partial charge in [0.1, 0.15) is 6.04 Å². The van der Waals surface area contributed by atoms with Gasteiger partial charge >= 0.3 is 0 Å². The smallest absolute Gasteiger partial charge is 0.240 e. The minimum Gasteiger partial charge on any atom is -0.325 e. The molecule has 1 heterocycles. The third-order valence-corrected chi connectivity index (χ3v) is 3.47. The van der Waals surface area contributed by atoms with Crippen LogP contribution in [0, 0.1) is 17.2 Å². The van der Waals surface area contributed by atoms with E-state index in [0.29, 0.717) is 6.42 Å². The molecule has 4 atom stereocenters. The van der Waals surface area contributed by atoms with Crippen molar-refractivity contribution < 1.29 is 4.79 Å². The van der Waals surface area contributed by atoms with Crippen LogP contribution in [-0.2, 0) is 4.79 Å². The largest absolute Gasteiger partial charge is 0.325 e. The molecule has 7 heteroatoms. The molecule has 0 saturated carbocycles. The van der Waals surface area contributed by atoms with E-state index < -0.39 is 12.1 Å². The number of nitrogens with zero attached hydrogens (tertiary/aromatic N) is 5. The average molecular weight is 250 g/mol. The minimum absolute atomic E-state index is 0.0651. The SMILES string of the molecule is CC[C@@H](C)[C@H](N)C(=O)N1C[C@H](N=[N+]=[N-])C[C@H]1C#N. The first-order chi connectivity index (χ1) is 8.54. The number of nitriles is 1. The van der Waals surface area contributed by atoms with E-state index in [1.807, 2.05) is 13.8 Å². The maximum Gasteiger partial charge on any atom is 0.240 e. The predicted molar refractivity (Wildman–Crippen MR) is 66.1 cm³/mol. The molecule has 0 aromatic heterocycles. The van der Waals surface area contributed by atoms with Gasteiger partial charge in [-0.25, -0.2) is 0 Å². The summed E-state index contributed by atoms with van der Waals surface area (Å²) in [5.41, 5.74) is 14.3. The van der Waals surface area contributed by atoms with E-state index >= 15 is 0 Å². The van der Waals surface area contributed by atoms with E-state index in [1.165, 1.54) is 4.90 Å². The molecule has 1 rings (SSSR count). The third kappa shape index (κ3) is 2.92. The fraction of sp³-hybridized carbons (Fsp3) is 0.818. The zero-order valence-corrected chi connectivity index (χ0v) is 10.7. The summed E-state index contributed by atoms with van der Waals surface area (Å²) >= 11 is 0. The van der Waals surface area contributed by atoms with E-state index in [9.17, 15) is 4.79 Å². The van der Waals surface area contributed by atoms with Crippen molar-refractivity contribution in [2.45, 2.75) is 44.8 Å². The van der Waals surface area contributed by atoms with Crippen molar-refractivity contribution in [3.8, 4) is 6.07 Å². The number of likely N-dealkylation sites (tertiary alicyclic amines) is 1. The Hall–Kier alpha value is -1.77. The van der Waals surface area contributed by atoms with Crippen LogP contribution >= 0.6 is 0 Å². The zero-order chi connectivity index (χ0) is 13.7. The van der Waals surface area contributed by atoms with Crippen LogP contribution < -0.4 is 5.73 Å². The Morgan fingerprint density at radius 3 is 2.94 bits per heavy atom. The molecule has 0 aromatic carbocycles. The summed E-state index contributed by atoms with van der Waals surface area (Å²) in [5, 5.41) is 12.6. The molecule has 1 fully saturated rings. The van der Waals surface area contributed by atoms with Gasteiger partial charge in [-0.3, -0.25) is 4.79 Å². The van der Waals surface area contributed by atoms with Crippen molar-refractivity contribution in [2.75, 3.05) is 6.54 Å². The molecule has 1 aliphatic heterocycles. The van der Waals surface area contributed by atoms with E-state index in [-0.39, 0.29) is 24.4 Å². The van der Waals surface area contributed by atoms with Gasteiger partial charge in [0.15, 0.2) is 0 Å². The van der Waals surface area contributed by atoms with Crippen LogP contribution in [0.1, 0.15) is 26.7 Å². The second-order valence-corrected chi connectivity index (χ2v) is 4.64. The molecule has 1 saturated heterocycles. The van der Waals surface area contributed by atoms with Crippen molar-refractivity contribution in [1.82, 2.24) is 4.90 Å². The molecular formula is C11H18N6O. The molecule has 7 nitrogen and oxygen atoms in total. The summed E-state index contributed by atoms with van der Waals surface area (Å²) in [6, 6.07) is 0.595. The molecule has 0 spiro atoms. The van der Waals surface area contributed by atoms with Gasteiger partial charge in [0.25, 0.3) is 0 Å². The Labute approximate surface area is 106 Å². The van der Waals surface area contributed by atoms with Crippen LogP contribution in [0.2, 0.25) is 0 Å². The Bertz CT molecular complexity index is 397. The van der Waals surface area contributed by atoms with Gasteiger partial charge in [-0.2, -0.15) is 5.26 Å². The first kappa shape index (κ1) is 14.3. The Morgan fingerprint density at radius 1 is 1.78 bits per heavy atom. The topological polar surface area (TPSA) is 119 Å². The van der Waals surface area contributed by atoms with Gasteiger partial charge < -0.3 is 10.6 Å². The molecule has 0 bridgehead atoms. The molecule has 1 aliphatic rings. The number of carbonyl (C=O) groups is 1. The molecule has 98 valence electrons. The molecular weight excluding hydrogens is 232 g/mol. The van der Waals surface area contributed by atoms with Crippen molar-refractivity contribution in [2.24, 2.45) is 16.8 Å². The Kier molecular flexibility index (Phi) is 4.95. The highest BCUT2D eigenvalue weighted by molar-refractivity contribution is 5.83. The average Bonchev–Trinajstić information content (AvgIpc) is 2.79. The van der Waals surface area contributed by atoms with E-state index in [4.69, 9.17) is 16.5 Å². The summed E-state index contributed by atoms with van der Waals surface area (Å²) in [5.74, 6) is -0.165. The monoisotopic (exact) mass is 250 g/mol. The highest BCUT2D eigenvalue weighted by Gasteiger charge is 2.37. The first-order valence-corrected chi connectivity index (χ1v) is 6.05. The Morgan fingerprint density at radius 2 is 2.44 bits per heavy atom. The van der Waals surface area contributed by atoms with Crippen molar-refractivity contribution in [3.63, 3.8) is 0 Å². The van der Waals surface area contributed by atoms with Gasteiger partial charge in [0, 0.05) is 11.5 Å². The van der Waals surface area contributed by atoms with Crippen LogP contribution in [0.5, 0.6) is 0 Å². The highest BCUT2D eigenvalue weighted by atomic mass is 16.2. The van der Waals surface area contributed by atoms with Gasteiger partial charge in [-0.1, -0.05) is 25.4 Å². The van der Waals surface area contributed by atoms with Crippen LogP contribution in [-0.4, -0.2) is 35.5 Å². The zero-order valence-electron chi connectivity index (χ0n) is 10.7. The summed E-state index contributed by atoms with van der Waals surface area (Å²) < 4.78 is 0. The van der Waals surface area contributed by atoms with Gasteiger partial charge in [-0.05, 0) is 17.9 Å². The van der Waals surface area contributed by atoms with Crippen LogP contribution in [0.25, 0.3) is 10.4 Å². The number of hydrogen-bond donors (Lipinski definition) is 1. The van der Waals surface area contributed by atoms with Gasteiger partial charge in [0.05, 0.1) is 18.2 Å². The predicted octanol–water partition coefficient (Wildman–Crippen LogP) is 1.16. The number of hydrogen-bond acceptors (Lipinski definition) is 4. The molecule has 0 aliphatic carbocycles. The van der Waals surface area contributed by atoms with E-state index in [0.717, 1.165) is 6.42 Å². The molecule has 0 unspecified atom stereocenters. The lowest BCUT2D eigenvalue weighted by Gasteiger charge is -2.26. The lowest BCUT2D eigenvalue weighted by atomic mass is 9.99. The standard InChI is InChI=1S/C11H18N6O/c1-3-7(2)10(13)11(18)17-6-8(15-16-14)4-9(17)5-12/h7-10H,3-4,6,13H2,1-2H3/t7-,8-,9+,10+/m1/s1. The summed E-state index contributed by atoms with van der Waals surface area (Å²) in [6.07, 6.45) is 1.19. The second-order valence-electron chi connectivity index (χ2n) is 4.64. The highest BCUT2D eigenvalue weighted by Crippen LogP contribution is 2.22. The summed E-state index contributed by atoms with van der Waals surface area (Å²) in [7, 11) is 0. The third-order valence-electron chi connectivity index (χ3n) is 3.47. The van der Waals surface area contributed by atoms with Crippen molar-refractivity contribution in [3.05, 3.63) is 10.4 Å². The van der Waals surface area contributed by atoms with Gasteiger partial charge in [0.2, 0.25) is 5.91 Å². The molecule has 1 amide bonds. The van der Waals surface area contributed by atoms with Crippen molar-refractivity contribution in [1.29, 1.82) is 5.26 Å². The number of nitrogens with two attached hydrogens (primary N) is 1. The van der Waals surface area contributed by atoms with E-state index in [2.05, 4.69) is 16.1 Å². The summed E-state index contributed by atoms with van der Waals surface area (Å²) in [6.45, 7) is 4.16. The first-order valence-electron chi connectivity index (χ1n) is 6.05. The van der Waals surface area contributed by atoms with Gasteiger partial charge in [-0.15, -0.1) is 0 Å². The fourth-order valence-electron chi connectivity index (χ4n) is 2.03. The molecule has 0 aromatic rings. The minimum atomic E-state index is -0.601. The Balaban J connectivity index is 2.78. The number of carbonyl (C=O) groups excluding carboxylic acids is 1. The van der Waals surface area contributed by atoms with Crippen LogP contribution in [0.3, 0.4) is 0 Å². The van der Waals surface area contributed by atoms with Crippen LogP contribution in [0.4, 0.5) is 0 Å². The number of rotatable bonds is 4. The fourth-order valence-corrected chi connectivity index (χ4v) is 2.03. The van der Waals surface area contributed by atoms with Crippen LogP contribution in [0.15, 0.2) is 5.11 Å². The molecule has 0 radical (unpaired) electrons.